The van der Waals surface area contributed by atoms with Gasteiger partial charge in [-0.2, -0.15) is 0 Å². The largest absolute Gasteiger partial charge is 0.444 e. The van der Waals surface area contributed by atoms with Crippen LogP contribution in [0.1, 0.15) is 27.2 Å². The number of nitrogens with zero attached hydrogens (tertiary/aromatic N) is 2. The molecule has 24 heavy (non-hydrogen) atoms. The number of hydrazine groups is 1. The summed E-state index contributed by atoms with van der Waals surface area (Å²) in [4.78, 5) is 24.1. The molecular formula is C16H21BrClN3O3. The summed E-state index contributed by atoms with van der Waals surface area (Å²) in [6.07, 6.45) is 0.252. The van der Waals surface area contributed by atoms with Crippen molar-refractivity contribution in [1.29, 1.82) is 0 Å². The van der Waals surface area contributed by atoms with Crippen molar-refractivity contribution in [3.63, 3.8) is 0 Å². The molecule has 1 aromatic rings. The average molecular weight is 419 g/mol. The molecule has 1 saturated heterocycles. The number of carbonyl (C=O) groups is 2. The van der Waals surface area contributed by atoms with Gasteiger partial charge in [0.1, 0.15) is 12.1 Å². The van der Waals surface area contributed by atoms with Crippen LogP contribution in [0.3, 0.4) is 0 Å². The maximum Gasteiger partial charge on any atom is 0.408 e. The number of rotatable bonds is 3. The Morgan fingerprint density at radius 2 is 2.04 bits per heavy atom. The van der Waals surface area contributed by atoms with Crippen molar-refractivity contribution in [3.8, 4) is 0 Å². The van der Waals surface area contributed by atoms with Crippen LogP contribution >= 0.6 is 27.5 Å². The van der Waals surface area contributed by atoms with E-state index in [1.165, 1.54) is 0 Å². The molecular weight excluding hydrogens is 398 g/mol. The molecule has 0 atom stereocenters. The molecule has 0 radical (unpaired) electrons. The monoisotopic (exact) mass is 417 g/mol. The SMILES string of the molecule is CC(C)(C)OC(=O)NCC(=O)N1CCCN1c1ccc(Cl)cc1Br. The zero-order valence-electron chi connectivity index (χ0n) is 13.9. The third-order valence-electron chi connectivity index (χ3n) is 3.29. The van der Waals surface area contributed by atoms with E-state index in [1.54, 1.807) is 37.9 Å². The summed E-state index contributed by atoms with van der Waals surface area (Å²) < 4.78 is 5.95. The van der Waals surface area contributed by atoms with Crippen molar-refractivity contribution >= 4 is 45.2 Å². The first-order chi connectivity index (χ1) is 11.2. The van der Waals surface area contributed by atoms with E-state index in [0.717, 1.165) is 23.1 Å². The molecule has 0 aromatic heterocycles. The summed E-state index contributed by atoms with van der Waals surface area (Å²) in [5, 5.41) is 6.64. The zero-order valence-corrected chi connectivity index (χ0v) is 16.3. The predicted molar refractivity (Wildman–Crippen MR) is 97.1 cm³/mol. The lowest BCUT2D eigenvalue weighted by Crippen LogP contribution is -2.47. The van der Waals surface area contributed by atoms with Gasteiger partial charge in [0.15, 0.2) is 0 Å². The molecule has 0 unspecified atom stereocenters. The van der Waals surface area contributed by atoms with E-state index >= 15 is 0 Å². The molecule has 6 nitrogen and oxygen atoms in total. The highest BCUT2D eigenvalue weighted by Gasteiger charge is 2.28. The Kier molecular flexibility index (Phi) is 5.98. The van der Waals surface area contributed by atoms with E-state index in [2.05, 4.69) is 21.2 Å². The van der Waals surface area contributed by atoms with Crippen LogP contribution in [-0.4, -0.2) is 42.2 Å². The number of hydrogen-bond acceptors (Lipinski definition) is 4. The molecule has 0 aliphatic carbocycles. The highest BCUT2D eigenvalue weighted by Crippen LogP contribution is 2.32. The minimum absolute atomic E-state index is 0.114. The highest BCUT2D eigenvalue weighted by molar-refractivity contribution is 9.10. The van der Waals surface area contributed by atoms with Crippen LogP contribution in [0.4, 0.5) is 10.5 Å². The van der Waals surface area contributed by atoms with E-state index < -0.39 is 11.7 Å². The fourth-order valence-electron chi connectivity index (χ4n) is 2.37. The number of halogens is 2. The number of hydrogen-bond donors (Lipinski definition) is 1. The third kappa shape index (κ3) is 5.01. The topological polar surface area (TPSA) is 61.9 Å². The molecule has 132 valence electrons. The van der Waals surface area contributed by atoms with Gasteiger partial charge in [0, 0.05) is 22.6 Å². The van der Waals surface area contributed by atoms with Gasteiger partial charge in [0.05, 0.1) is 5.69 Å². The van der Waals surface area contributed by atoms with Gasteiger partial charge in [-0.25, -0.2) is 4.79 Å². The molecule has 1 fully saturated rings. The fraction of sp³-hybridized carbons (Fsp3) is 0.500. The minimum Gasteiger partial charge on any atom is -0.444 e. The van der Waals surface area contributed by atoms with E-state index in [0.29, 0.717) is 11.6 Å². The molecule has 2 rings (SSSR count). The second-order valence-electron chi connectivity index (χ2n) is 6.44. The number of benzene rings is 1. The van der Waals surface area contributed by atoms with Gasteiger partial charge in [-0.1, -0.05) is 11.6 Å². The molecule has 1 N–H and O–H groups in total. The van der Waals surface area contributed by atoms with Gasteiger partial charge in [-0.05, 0) is 61.3 Å². The maximum absolute atomic E-state index is 12.4. The lowest BCUT2D eigenvalue weighted by Gasteiger charge is -2.30. The van der Waals surface area contributed by atoms with Crippen LogP contribution < -0.4 is 10.3 Å². The third-order valence-corrected chi connectivity index (χ3v) is 4.16. The summed E-state index contributed by atoms with van der Waals surface area (Å²) in [6.45, 7) is 6.52. The Balaban J connectivity index is 1.99. The minimum atomic E-state index is -0.603. The van der Waals surface area contributed by atoms with E-state index in [9.17, 15) is 9.59 Å². The first kappa shape index (κ1) is 18.9. The molecule has 8 heteroatoms. The summed E-state index contributed by atoms with van der Waals surface area (Å²) in [5.74, 6) is -0.194. The van der Waals surface area contributed by atoms with Gasteiger partial charge in [0.2, 0.25) is 0 Å². The number of alkyl carbamates (subject to hydrolysis) is 1. The van der Waals surface area contributed by atoms with Crippen LogP contribution in [0.5, 0.6) is 0 Å². The normalized spacial score (nSPS) is 14.7. The second kappa shape index (κ2) is 7.61. The average Bonchev–Trinajstić information content (AvgIpc) is 2.92. The number of amides is 2. The molecule has 1 heterocycles. The molecule has 0 bridgehead atoms. The lowest BCUT2D eigenvalue weighted by molar-refractivity contribution is -0.129. The number of ether oxygens (including phenoxy) is 1. The van der Waals surface area contributed by atoms with Crippen molar-refractivity contribution in [2.45, 2.75) is 32.8 Å². The Morgan fingerprint density at radius 1 is 1.33 bits per heavy atom. The summed E-state index contributed by atoms with van der Waals surface area (Å²) in [7, 11) is 0. The van der Waals surface area contributed by atoms with Crippen LogP contribution in [0.15, 0.2) is 22.7 Å². The van der Waals surface area contributed by atoms with Crippen LogP contribution in [-0.2, 0) is 9.53 Å². The summed E-state index contributed by atoms with van der Waals surface area (Å²) in [5.41, 5.74) is 0.267. The molecule has 2 amide bonds. The fourth-order valence-corrected chi connectivity index (χ4v) is 3.25. The number of nitrogens with one attached hydrogen (secondary N) is 1. The second-order valence-corrected chi connectivity index (χ2v) is 7.74. The Hall–Kier alpha value is -1.47. The van der Waals surface area contributed by atoms with Gasteiger partial charge in [-0.15, -0.1) is 0 Å². The Bertz CT molecular complexity index is 633. The van der Waals surface area contributed by atoms with E-state index in [1.807, 2.05) is 11.1 Å². The summed E-state index contributed by atoms with van der Waals surface area (Å²) in [6, 6.07) is 5.43. The highest BCUT2D eigenvalue weighted by atomic mass is 79.9. The van der Waals surface area contributed by atoms with Crippen molar-refractivity contribution in [3.05, 3.63) is 27.7 Å². The number of anilines is 1. The van der Waals surface area contributed by atoms with Crippen molar-refractivity contribution in [2.24, 2.45) is 0 Å². The van der Waals surface area contributed by atoms with Crippen LogP contribution in [0.2, 0.25) is 5.02 Å². The lowest BCUT2D eigenvalue weighted by atomic mass is 10.2. The Morgan fingerprint density at radius 3 is 2.67 bits per heavy atom. The smallest absolute Gasteiger partial charge is 0.408 e. The molecule has 1 aromatic carbocycles. The van der Waals surface area contributed by atoms with Gasteiger partial charge in [0.25, 0.3) is 5.91 Å². The maximum atomic E-state index is 12.4. The van der Waals surface area contributed by atoms with E-state index in [4.69, 9.17) is 16.3 Å². The first-order valence-corrected chi connectivity index (χ1v) is 8.84. The van der Waals surface area contributed by atoms with E-state index in [-0.39, 0.29) is 12.5 Å². The van der Waals surface area contributed by atoms with Gasteiger partial charge < -0.3 is 10.1 Å². The zero-order chi connectivity index (χ0) is 17.9. The van der Waals surface area contributed by atoms with Crippen molar-refractivity contribution < 1.29 is 14.3 Å². The van der Waals surface area contributed by atoms with Crippen molar-refractivity contribution in [1.82, 2.24) is 10.3 Å². The molecule has 0 spiro atoms. The molecule has 1 aliphatic heterocycles. The first-order valence-electron chi connectivity index (χ1n) is 7.67. The van der Waals surface area contributed by atoms with Crippen molar-refractivity contribution in [2.75, 3.05) is 24.6 Å². The quantitative estimate of drug-likeness (QED) is 0.815. The van der Waals surface area contributed by atoms with Crippen LogP contribution in [0, 0.1) is 0 Å². The standard InChI is InChI=1S/C16H21BrClN3O3/c1-16(2,3)24-15(23)19-10-14(22)21-8-4-7-20(21)13-6-5-11(18)9-12(13)17/h5-6,9H,4,7-8,10H2,1-3H3,(H,19,23). The molecule has 1 aliphatic rings. The van der Waals surface area contributed by atoms with Gasteiger partial charge in [-0.3, -0.25) is 14.8 Å². The van der Waals surface area contributed by atoms with Gasteiger partial charge >= 0.3 is 6.09 Å². The van der Waals surface area contributed by atoms with Crippen LogP contribution in [0.25, 0.3) is 0 Å². The summed E-state index contributed by atoms with van der Waals surface area (Å²) >= 11 is 9.44. The predicted octanol–water partition coefficient (Wildman–Crippen LogP) is 3.58. The molecule has 0 saturated carbocycles. The number of carbonyl (C=O) groups excluding carboxylic acids is 2. The Labute approximate surface area is 155 Å².